The molecule has 0 radical (unpaired) electrons. The van der Waals surface area contributed by atoms with Crippen molar-refractivity contribution in [2.24, 2.45) is 0 Å². The maximum atomic E-state index is 13.8. The van der Waals surface area contributed by atoms with Crippen molar-refractivity contribution >= 4 is 0 Å². The van der Waals surface area contributed by atoms with Crippen LogP contribution in [-0.2, 0) is 6.54 Å². The van der Waals surface area contributed by atoms with Gasteiger partial charge in [-0.1, -0.05) is 13.0 Å². The van der Waals surface area contributed by atoms with Gasteiger partial charge in [-0.2, -0.15) is 0 Å². The number of aromatic nitrogens is 1. The molecular formula is C16H19FN2. The Bertz CT molecular complexity index is 552. The third-order valence-electron chi connectivity index (χ3n) is 3.12. The van der Waals surface area contributed by atoms with Crippen LogP contribution >= 0.6 is 0 Å². The number of nitrogens with one attached hydrogen (secondary N) is 1. The van der Waals surface area contributed by atoms with E-state index in [2.05, 4.69) is 17.2 Å². The van der Waals surface area contributed by atoms with Crippen molar-refractivity contribution < 1.29 is 4.39 Å². The van der Waals surface area contributed by atoms with E-state index in [9.17, 15) is 4.39 Å². The van der Waals surface area contributed by atoms with Gasteiger partial charge in [0.05, 0.1) is 0 Å². The van der Waals surface area contributed by atoms with E-state index in [0.717, 1.165) is 29.7 Å². The Morgan fingerprint density at radius 1 is 1.26 bits per heavy atom. The standard InChI is InChI=1S/C16H19FN2/c1-3-7-18-11-14-9-13(4-5-16(14)17)15-6-8-19-10-12(15)2/h4-6,8-10,18H,3,7,11H2,1-2H3. The minimum atomic E-state index is -0.154. The summed E-state index contributed by atoms with van der Waals surface area (Å²) in [6.45, 7) is 5.58. The lowest BCUT2D eigenvalue weighted by Crippen LogP contribution is -2.14. The molecule has 1 heterocycles. The fourth-order valence-corrected chi connectivity index (χ4v) is 2.07. The summed E-state index contributed by atoms with van der Waals surface area (Å²) in [4.78, 5) is 4.08. The zero-order chi connectivity index (χ0) is 13.7. The van der Waals surface area contributed by atoms with E-state index >= 15 is 0 Å². The molecule has 1 aromatic heterocycles. The van der Waals surface area contributed by atoms with E-state index < -0.39 is 0 Å². The first kappa shape index (κ1) is 13.7. The molecule has 0 atom stereocenters. The second-order valence-corrected chi connectivity index (χ2v) is 4.67. The third kappa shape index (κ3) is 3.38. The van der Waals surface area contributed by atoms with E-state index in [1.54, 1.807) is 6.20 Å². The van der Waals surface area contributed by atoms with Crippen LogP contribution in [0.15, 0.2) is 36.7 Å². The van der Waals surface area contributed by atoms with Crippen LogP contribution in [0.4, 0.5) is 4.39 Å². The molecule has 19 heavy (non-hydrogen) atoms. The summed E-state index contributed by atoms with van der Waals surface area (Å²) >= 11 is 0. The summed E-state index contributed by atoms with van der Waals surface area (Å²) in [5.41, 5.74) is 3.95. The van der Waals surface area contributed by atoms with Gasteiger partial charge in [0.15, 0.2) is 0 Å². The lowest BCUT2D eigenvalue weighted by atomic mass is 10.0. The van der Waals surface area contributed by atoms with Crippen LogP contribution in [0.5, 0.6) is 0 Å². The van der Waals surface area contributed by atoms with Crippen LogP contribution in [0.3, 0.4) is 0 Å². The molecule has 0 bridgehead atoms. The molecule has 2 nitrogen and oxygen atoms in total. The molecule has 0 unspecified atom stereocenters. The van der Waals surface area contributed by atoms with Crippen molar-refractivity contribution in [1.29, 1.82) is 0 Å². The molecule has 0 saturated carbocycles. The normalized spacial score (nSPS) is 10.7. The van der Waals surface area contributed by atoms with Gasteiger partial charge in [0.25, 0.3) is 0 Å². The number of aryl methyl sites for hydroxylation is 1. The van der Waals surface area contributed by atoms with E-state index in [-0.39, 0.29) is 5.82 Å². The maximum Gasteiger partial charge on any atom is 0.127 e. The Balaban J connectivity index is 2.28. The fraction of sp³-hybridized carbons (Fsp3) is 0.312. The summed E-state index contributed by atoms with van der Waals surface area (Å²) in [5, 5.41) is 3.23. The first-order valence-electron chi connectivity index (χ1n) is 6.62. The summed E-state index contributed by atoms with van der Waals surface area (Å²) in [6.07, 6.45) is 4.64. The van der Waals surface area contributed by atoms with Gasteiger partial charge in [0.2, 0.25) is 0 Å². The molecule has 0 saturated heterocycles. The lowest BCUT2D eigenvalue weighted by molar-refractivity contribution is 0.587. The Labute approximate surface area is 113 Å². The molecule has 0 aliphatic rings. The summed E-state index contributed by atoms with van der Waals surface area (Å²) in [7, 11) is 0. The highest BCUT2D eigenvalue weighted by Gasteiger charge is 2.06. The van der Waals surface area contributed by atoms with Crippen molar-refractivity contribution in [3.63, 3.8) is 0 Å². The quantitative estimate of drug-likeness (QED) is 0.827. The molecule has 1 N–H and O–H groups in total. The fourth-order valence-electron chi connectivity index (χ4n) is 2.07. The Morgan fingerprint density at radius 2 is 2.11 bits per heavy atom. The van der Waals surface area contributed by atoms with Crippen molar-refractivity contribution in [1.82, 2.24) is 10.3 Å². The monoisotopic (exact) mass is 258 g/mol. The topological polar surface area (TPSA) is 24.9 Å². The summed E-state index contributed by atoms with van der Waals surface area (Å²) in [6, 6.07) is 7.24. The second-order valence-electron chi connectivity index (χ2n) is 4.67. The number of pyridine rings is 1. The SMILES string of the molecule is CCCNCc1cc(-c2ccncc2C)ccc1F. The van der Waals surface area contributed by atoms with Gasteiger partial charge >= 0.3 is 0 Å². The number of benzene rings is 1. The van der Waals surface area contributed by atoms with Crippen LogP contribution in [-0.4, -0.2) is 11.5 Å². The molecule has 0 amide bonds. The maximum absolute atomic E-state index is 13.8. The molecule has 3 heteroatoms. The smallest absolute Gasteiger partial charge is 0.127 e. The van der Waals surface area contributed by atoms with E-state index in [1.807, 2.05) is 31.3 Å². The zero-order valence-electron chi connectivity index (χ0n) is 11.4. The van der Waals surface area contributed by atoms with Gasteiger partial charge < -0.3 is 5.32 Å². The van der Waals surface area contributed by atoms with Crippen LogP contribution in [0.25, 0.3) is 11.1 Å². The lowest BCUT2D eigenvalue weighted by Gasteiger charge is -2.09. The van der Waals surface area contributed by atoms with Crippen LogP contribution < -0.4 is 5.32 Å². The second kappa shape index (κ2) is 6.43. The minimum Gasteiger partial charge on any atom is -0.313 e. The molecule has 1 aromatic carbocycles. The highest BCUT2D eigenvalue weighted by molar-refractivity contribution is 5.67. The first-order chi connectivity index (χ1) is 9.22. The van der Waals surface area contributed by atoms with Gasteiger partial charge in [-0.3, -0.25) is 4.98 Å². The minimum absolute atomic E-state index is 0.154. The van der Waals surface area contributed by atoms with Crippen LogP contribution in [0.2, 0.25) is 0 Å². The molecule has 0 aliphatic carbocycles. The molecule has 2 aromatic rings. The predicted octanol–water partition coefficient (Wildman–Crippen LogP) is 3.70. The van der Waals surface area contributed by atoms with Crippen molar-refractivity contribution in [2.45, 2.75) is 26.8 Å². The number of rotatable bonds is 5. The van der Waals surface area contributed by atoms with Crippen molar-refractivity contribution in [2.75, 3.05) is 6.54 Å². The van der Waals surface area contributed by atoms with E-state index in [0.29, 0.717) is 12.1 Å². The molecule has 0 spiro atoms. The highest BCUT2D eigenvalue weighted by Crippen LogP contribution is 2.24. The van der Waals surface area contributed by atoms with Gasteiger partial charge in [0, 0.05) is 24.5 Å². The first-order valence-corrected chi connectivity index (χ1v) is 6.62. The molecule has 2 rings (SSSR count). The highest BCUT2D eigenvalue weighted by atomic mass is 19.1. The van der Waals surface area contributed by atoms with Gasteiger partial charge in [-0.15, -0.1) is 0 Å². The van der Waals surface area contributed by atoms with Crippen LogP contribution in [0.1, 0.15) is 24.5 Å². The van der Waals surface area contributed by atoms with Crippen LogP contribution in [0, 0.1) is 12.7 Å². The molecule has 0 fully saturated rings. The average molecular weight is 258 g/mol. The summed E-state index contributed by atoms with van der Waals surface area (Å²) in [5.74, 6) is -0.154. The van der Waals surface area contributed by atoms with Crippen molar-refractivity contribution in [3.8, 4) is 11.1 Å². The van der Waals surface area contributed by atoms with Gasteiger partial charge in [-0.25, -0.2) is 4.39 Å². The number of hydrogen-bond acceptors (Lipinski definition) is 2. The number of halogens is 1. The van der Waals surface area contributed by atoms with Gasteiger partial charge in [-0.05, 0) is 54.8 Å². The average Bonchev–Trinajstić information content (AvgIpc) is 2.42. The Hall–Kier alpha value is -1.74. The van der Waals surface area contributed by atoms with E-state index in [1.165, 1.54) is 6.07 Å². The molecule has 100 valence electrons. The van der Waals surface area contributed by atoms with Gasteiger partial charge in [0.1, 0.15) is 5.82 Å². The third-order valence-corrected chi connectivity index (χ3v) is 3.12. The largest absolute Gasteiger partial charge is 0.313 e. The number of nitrogens with zero attached hydrogens (tertiary/aromatic N) is 1. The van der Waals surface area contributed by atoms with Crippen molar-refractivity contribution in [3.05, 3.63) is 53.6 Å². The molecule has 0 aliphatic heterocycles. The number of hydrogen-bond donors (Lipinski definition) is 1. The summed E-state index contributed by atoms with van der Waals surface area (Å²) < 4.78 is 13.8. The Kier molecular flexibility index (Phi) is 4.63. The molecular weight excluding hydrogens is 239 g/mol. The zero-order valence-corrected chi connectivity index (χ0v) is 11.4. The predicted molar refractivity (Wildman–Crippen MR) is 76.4 cm³/mol. The van der Waals surface area contributed by atoms with E-state index in [4.69, 9.17) is 0 Å². The Morgan fingerprint density at radius 3 is 2.84 bits per heavy atom.